The molecule has 51 heavy (non-hydrogen) atoms. The van der Waals surface area contributed by atoms with Gasteiger partial charge in [0.15, 0.2) is 0 Å². The third-order valence-corrected chi connectivity index (χ3v) is 10.5. The molecule has 2 rings (SSSR count). The topological polar surface area (TPSA) is 141 Å². The van der Waals surface area contributed by atoms with Crippen LogP contribution >= 0.6 is 0 Å². The summed E-state index contributed by atoms with van der Waals surface area (Å²) >= 11 is 0. The molecule has 4 amide bonds. The highest BCUT2D eigenvalue weighted by Crippen LogP contribution is 2.30. The first-order valence-electron chi connectivity index (χ1n) is 18.6. The molecule has 3 N–H and O–H groups in total. The number of rotatable bonds is 20. The summed E-state index contributed by atoms with van der Waals surface area (Å²) in [5.74, 6) is -1.67. The van der Waals surface area contributed by atoms with Crippen molar-refractivity contribution in [3.8, 4) is 0 Å². The summed E-state index contributed by atoms with van der Waals surface area (Å²) in [5, 5.41) is 16.8. The summed E-state index contributed by atoms with van der Waals surface area (Å²) in [4.78, 5) is 60.0. The number of nitrogens with one attached hydrogen (secondary N) is 2. The van der Waals surface area contributed by atoms with Gasteiger partial charge in [-0.25, -0.2) is 0 Å². The van der Waals surface area contributed by atoms with Gasteiger partial charge < -0.3 is 35.0 Å². The zero-order valence-corrected chi connectivity index (χ0v) is 33.2. The van der Waals surface area contributed by atoms with E-state index in [0.29, 0.717) is 13.0 Å². The van der Waals surface area contributed by atoms with E-state index in [1.807, 2.05) is 90.9 Å². The van der Waals surface area contributed by atoms with Gasteiger partial charge in [0.1, 0.15) is 6.04 Å². The lowest BCUT2D eigenvalue weighted by Gasteiger charge is -2.41. The summed E-state index contributed by atoms with van der Waals surface area (Å²) in [6.45, 7) is 14.2. The molecule has 1 heterocycles. The molecule has 1 saturated heterocycles. The molecule has 12 heteroatoms. The van der Waals surface area contributed by atoms with Gasteiger partial charge in [0, 0.05) is 34.4 Å². The number of methoxy groups -OCH3 is 2. The van der Waals surface area contributed by atoms with Gasteiger partial charge in [0.25, 0.3) is 0 Å². The van der Waals surface area contributed by atoms with Crippen molar-refractivity contribution in [2.24, 2.45) is 23.7 Å². The molecule has 1 aromatic rings. The second kappa shape index (κ2) is 20.8. The van der Waals surface area contributed by atoms with Gasteiger partial charge in [0.2, 0.25) is 23.6 Å². The second-order valence-electron chi connectivity index (χ2n) is 15.2. The van der Waals surface area contributed by atoms with Crippen molar-refractivity contribution in [1.29, 1.82) is 0 Å². The minimum Gasteiger partial charge on any atom is -0.391 e. The molecule has 0 aromatic heterocycles. The van der Waals surface area contributed by atoms with E-state index in [9.17, 15) is 24.3 Å². The maximum atomic E-state index is 14.2. The van der Waals surface area contributed by atoms with Crippen LogP contribution in [0.3, 0.4) is 0 Å². The van der Waals surface area contributed by atoms with Crippen LogP contribution in [0.5, 0.6) is 0 Å². The number of ether oxygens (including phenoxy) is 2. The molecule has 12 nitrogen and oxygen atoms in total. The molecule has 1 aliphatic heterocycles. The lowest BCUT2D eigenvalue weighted by molar-refractivity contribution is -0.148. The average molecular weight is 718 g/mol. The number of carbonyl (C=O) groups excluding carboxylic acids is 4. The number of aliphatic hydroxyl groups excluding tert-OH is 1. The highest BCUT2D eigenvalue weighted by Gasteiger charge is 2.45. The van der Waals surface area contributed by atoms with Crippen LogP contribution < -0.4 is 10.6 Å². The Morgan fingerprint density at radius 1 is 0.941 bits per heavy atom. The van der Waals surface area contributed by atoms with Gasteiger partial charge in [-0.05, 0) is 50.3 Å². The first-order chi connectivity index (χ1) is 24.0. The van der Waals surface area contributed by atoms with Crippen molar-refractivity contribution in [2.45, 2.75) is 117 Å². The molecule has 1 aromatic carbocycles. The highest BCUT2D eigenvalue weighted by atomic mass is 16.5. The Kier molecular flexibility index (Phi) is 18.0. The number of hydrogen-bond acceptors (Lipinski definition) is 8. The predicted octanol–water partition coefficient (Wildman–Crippen LogP) is 2.96. The number of amides is 4. The van der Waals surface area contributed by atoms with E-state index in [0.717, 1.165) is 12.0 Å². The minimum atomic E-state index is -0.774. The normalized spacial score (nSPS) is 20.4. The van der Waals surface area contributed by atoms with E-state index in [2.05, 4.69) is 10.6 Å². The molecular formula is C39H67N5O7. The summed E-state index contributed by atoms with van der Waals surface area (Å²) in [5.41, 5.74) is 1.12. The quantitative estimate of drug-likeness (QED) is 0.187. The largest absolute Gasteiger partial charge is 0.391 e. The third kappa shape index (κ3) is 12.0. The SMILES string of the molecule is CC[C@H](C)[C@@H]([C@@H](CC(=O)N1C[C@H](O)CC1[C@H](OC)[C@@H](C)C(=O)NCCc1ccccc1)OC)N(C)C(=O)[C@@H](NC(=O)[C@H](C(C)C)N(C)C)C(C)C. The van der Waals surface area contributed by atoms with Crippen LogP contribution in [0, 0.1) is 23.7 Å². The highest BCUT2D eigenvalue weighted by molar-refractivity contribution is 5.90. The maximum Gasteiger partial charge on any atom is 0.245 e. The Bertz CT molecular complexity index is 1240. The van der Waals surface area contributed by atoms with Crippen molar-refractivity contribution in [2.75, 3.05) is 48.5 Å². The van der Waals surface area contributed by atoms with E-state index in [1.165, 1.54) is 14.2 Å². The monoisotopic (exact) mass is 718 g/mol. The van der Waals surface area contributed by atoms with Crippen molar-refractivity contribution in [3.63, 3.8) is 0 Å². The molecular weight excluding hydrogens is 650 g/mol. The molecule has 1 unspecified atom stereocenters. The Labute approximate surface area is 307 Å². The second-order valence-corrected chi connectivity index (χ2v) is 15.2. The Hall–Kier alpha value is -3.06. The van der Waals surface area contributed by atoms with E-state index in [1.54, 1.807) is 23.8 Å². The Balaban J connectivity index is 2.25. The van der Waals surface area contributed by atoms with E-state index in [-0.39, 0.29) is 60.8 Å². The molecule has 9 atom stereocenters. The van der Waals surface area contributed by atoms with Crippen molar-refractivity contribution in [1.82, 2.24) is 25.3 Å². The molecule has 0 saturated carbocycles. The van der Waals surface area contributed by atoms with Gasteiger partial charge in [-0.1, -0.05) is 85.2 Å². The summed E-state index contributed by atoms with van der Waals surface area (Å²) in [7, 11) is 8.47. The molecule has 290 valence electrons. The molecule has 1 fully saturated rings. The Morgan fingerprint density at radius 2 is 1.57 bits per heavy atom. The van der Waals surface area contributed by atoms with Crippen LogP contribution in [0.15, 0.2) is 30.3 Å². The van der Waals surface area contributed by atoms with E-state index >= 15 is 0 Å². The average Bonchev–Trinajstić information content (AvgIpc) is 3.47. The fourth-order valence-electron chi connectivity index (χ4n) is 7.54. The number of hydrogen-bond donors (Lipinski definition) is 3. The number of nitrogens with zero attached hydrogens (tertiary/aromatic N) is 3. The maximum absolute atomic E-state index is 14.2. The van der Waals surface area contributed by atoms with Crippen molar-refractivity contribution >= 4 is 23.6 Å². The molecule has 0 bridgehead atoms. The molecule has 1 aliphatic rings. The van der Waals surface area contributed by atoms with Crippen molar-refractivity contribution in [3.05, 3.63) is 35.9 Å². The zero-order valence-electron chi connectivity index (χ0n) is 33.2. The number of likely N-dealkylation sites (tertiary alicyclic amines) is 1. The summed E-state index contributed by atoms with van der Waals surface area (Å²) in [6.07, 6.45) is -0.452. The van der Waals surface area contributed by atoms with Gasteiger partial charge in [0.05, 0.1) is 48.8 Å². The van der Waals surface area contributed by atoms with Crippen LogP contribution in [0.2, 0.25) is 0 Å². The summed E-state index contributed by atoms with van der Waals surface area (Å²) in [6, 6.07) is 7.71. The lowest BCUT2D eigenvalue weighted by Crippen LogP contribution is -2.59. The van der Waals surface area contributed by atoms with Crippen LogP contribution in [-0.4, -0.2) is 134 Å². The number of carbonyl (C=O) groups is 4. The van der Waals surface area contributed by atoms with Crippen LogP contribution in [0.4, 0.5) is 0 Å². The number of likely N-dealkylation sites (N-methyl/N-ethyl adjacent to an activating group) is 2. The standard InChI is InChI=1S/C39H67N5O7/c1-13-26(6)35(43(10)39(49)33(24(2)3)41-38(48)34(25(4)5)42(8)9)31(50-11)22-32(46)44-23-29(45)21-30(44)36(51-12)27(7)37(47)40-20-19-28-17-15-14-16-18-28/h14-18,24-27,29-31,33-36,45H,13,19-23H2,1-12H3,(H,40,47)(H,41,48)/t26-,27+,29+,30?,31+,33-,34-,35-,36+/m0/s1. The number of benzene rings is 1. The molecule has 0 spiro atoms. The fraction of sp³-hybridized carbons (Fsp3) is 0.744. The first-order valence-corrected chi connectivity index (χ1v) is 18.6. The molecule has 0 radical (unpaired) electrons. The molecule has 0 aliphatic carbocycles. The smallest absolute Gasteiger partial charge is 0.245 e. The summed E-state index contributed by atoms with van der Waals surface area (Å²) < 4.78 is 11.8. The van der Waals surface area contributed by atoms with Crippen molar-refractivity contribution < 1.29 is 33.8 Å². The fourth-order valence-corrected chi connectivity index (χ4v) is 7.54. The van der Waals surface area contributed by atoms with E-state index < -0.39 is 48.4 Å². The van der Waals surface area contributed by atoms with Gasteiger partial charge >= 0.3 is 0 Å². The van der Waals surface area contributed by atoms with Gasteiger partial charge in [-0.3, -0.25) is 24.1 Å². The number of β-amino-alcohol motifs (C(OH)–C–C–N with tert-alkyl or cyclic N) is 1. The van der Waals surface area contributed by atoms with E-state index in [4.69, 9.17) is 9.47 Å². The van der Waals surface area contributed by atoms with Crippen LogP contribution in [-0.2, 0) is 35.1 Å². The third-order valence-electron chi connectivity index (χ3n) is 10.5. The van der Waals surface area contributed by atoms with Crippen LogP contribution in [0.1, 0.15) is 73.3 Å². The van der Waals surface area contributed by atoms with Crippen LogP contribution in [0.25, 0.3) is 0 Å². The zero-order chi connectivity index (χ0) is 38.6. The van der Waals surface area contributed by atoms with Gasteiger partial charge in [-0.15, -0.1) is 0 Å². The predicted molar refractivity (Wildman–Crippen MR) is 200 cm³/mol. The first kappa shape index (κ1) is 44.1. The Morgan fingerprint density at radius 3 is 2.08 bits per heavy atom. The lowest BCUT2D eigenvalue weighted by atomic mass is 9.89. The number of aliphatic hydroxyl groups is 1. The minimum absolute atomic E-state index is 0.0417. The van der Waals surface area contributed by atoms with Gasteiger partial charge in [-0.2, -0.15) is 0 Å².